The molecule has 6 rings (SSSR count). The van der Waals surface area contributed by atoms with Crippen molar-refractivity contribution in [2.75, 3.05) is 6.79 Å². The third-order valence-corrected chi connectivity index (χ3v) is 5.87. The smallest absolute Gasteiger partial charge is 0.310 e. The van der Waals surface area contributed by atoms with Gasteiger partial charge in [0, 0.05) is 29.1 Å². The van der Waals surface area contributed by atoms with E-state index in [4.69, 9.17) is 25.5 Å². The second-order valence-corrected chi connectivity index (χ2v) is 7.84. The van der Waals surface area contributed by atoms with Crippen molar-refractivity contribution in [2.45, 2.75) is 25.3 Å². The minimum Gasteiger partial charge on any atom is -0.459 e. The van der Waals surface area contributed by atoms with Gasteiger partial charge in [-0.05, 0) is 43.0 Å². The first-order valence-corrected chi connectivity index (χ1v) is 9.89. The van der Waals surface area contributed by atoms with Gasteiger partial charge in [-0.3, -0.25) is 4.79 Å². The molecule has 0 unspecified atom stereocenters. The SMILES string of the molecule is O=C(c1ccco1)N1N=C(C2CC2)C[C@@H]1c1cc2cc3c(cc2nc1Cl)OCO3. The fourth-order valence-electron chi connectivity index (χ4n) is 3.93. The summed E-state index contributed by atoms with van der Waals surface area (Å²) in [5, 5.41) is 7.37. The van der Waals surface area contributed by atoms with E-state index >= 15 is 0 Å². The molecule has 7 nitrogen and oxygen atoms in total. The summed E-state index contributed by atoms with van der Waals surface area (Å²) in [6, 6.07) is 8.69. The molecule has 3 aromatic rings. The summed E-state index contributed by atoms with van der Waals surface area (Å²) in [4.78, 5) is 17.6. The van der Waals surface area contributed by atoms with Gasteiger partial charge in [0.15, 0.2) is 17.3 Å². The standard InChI is InChI=1S/C21H16ClN3O4/c22-20-13(6-12-7-18-19(29-10-28-18)9-14(12)23-20)16-8-15(11-3-4-11)24-25(16)21(26)17-2-1-5-27-17/h1-2,5-7,9,11,16H,3-4,8,10H2/t16-/m1/s1. The number of nitrogens with zero attached hydrogens (tertiary/aromatic N) is 3. The van der Waals surface area contributed by atoms with Crippen LogP contribution in [0, 0.1) is 5.92 Å². The number of carbonyl (C=O) groups excluding carboxylic acids is 1. The molecule has 29 heavy (non-hydrogen) atoms. The van der Waals surface area contributed by atoms with Crippen LogP contribution < -0.4 is 9.47 Å². The lowest BCUT2D eigenvalue weighted by atomic mass is 9.99. The van der Waals surface area contributed by atoms with Crippen LogP contribution in [0.3, 0.4) is 0 Å². The zero-order valence-electron chi connectivity index (χ0n) is 15.3. The van der Waals surface area contributed by atoms with Gasteiger partial charge in [-0.2, -0.15) is 5.10 Å². The van der Waals surface area contributed by atoms with Crippen molar-refractivity contribution in [3.05, 3.63) is 53.1 Å². The first kappa shape index (κ1) is 16.9. The largest absolute Gasteiger partial charge is 0.459 e. The molecule has 0 saturated heterocycles. The molecule has 3 aliphatic rings. The van der Waals surface area contributed by atoms with E-state index in [0.717, 1.165) is 29.5 Å². The van der Waals surface area contributed by atoms with E-state index in [1.807, 2.05) is 18.2 Å². The molecule has 1 atom stereocenters. The third kappa shape index (κ3) is 2.76. The first-order valence-electron chi connectivity index (χ1n) is 9.51. The van der Waals surface area contributed by atoms with Gasteiger partial charge >= 0.3 is 5.91 Å². The molecule has 8 heteroatoms. The van der Waals surface area contributed by atoms with Gasteiger partial charge in [0.05, 0.1) is 17.8 Å². The number of rotatable bonds is 3. The van der Waals surface area contributed by atoms with Crippen LogP contribution in [0.15, 0.2) is 46.1 Å². The van der Waals surface area contributed by atoms with Crippen LogP contribution in [0.1, 0.15) is 41.4 Å². The number of hydrogen-bond acceptors (Lipinski definition) is 6. The predicted molar refractivity (Wildman–Crippen MR) is 105 cm³/mol. The number of carbonyl (C=O) groups is 1. The Bertz CT molecular complexity index is 1170. The summed E-state index contributed by atoms with van der Waals surface area (Å²) in [6.45, 7) is 0.193. The average molecular weight is 410 g/mol. The summed E-state index contributed by atoms with van der Waals surface area (Å²) in [5.74, 6) is 1.76. The molecule has 4 heterocycles. The topological polar surface area (TPSA) is 77.2 Å². The minimum absolute atomic E-state index is 0.193. The number of hydrogen-bond donors (Lipinski definition) is 0. The number of furan rings is 1. The van der Waals surface area contributed by atoms with Crippen molar-refractivity contribution in [3.63, 3.8) is 0 Å². The van der Waals surface area contributed by atoms with Crippen molar-refractivity contribution in [3.8, 4) is 11.5 Å². The zero-order valence-corrected chi connectivity index (χ0v) is 16.1. The van der Waals surface area contributed by atoms with Crippen molar-refractivity contribution in [2.24, 2.45) is 11.0 Å². The average Bonchev–Trinajstić information content (AvgIpc) is 3.13. The van der Waals surface area contributed by atoms with Crippen molar-refractivity contribution in [1.29, 1.82) is 0 Å². The molecule has 1 amide bonds. The van der Waals surface area contributed by atoms with Gasteiger partial charge in [-0.25, -0.2) is 9.99 Å². The fraction of sp³-hybridized carbons (Fsp3) is 0.286. The molecule has 2 aromatic heterocycles. The summed E-state index contributed by atoms with van der Waals surface area (Å²) in [6.07, 6.45) is 4.36. The summed E-state index contributed by atoms with van der Waals surface area (Å²) in [7, 11) is 0. The Kier molecular flexibility index (Phi) is 3.61. The predicted octanol–water partition coefficient (Wildman–Crippen LogP) is 4.56. The van der Waals surface area contributed by atoms with Gasteiger partial charge < -0.3 is 13.9 Å². The van der Waals surface area contributed by atoms with Gasteiger partial charge in [0.2, 0.25) is 6.79 Å². The van der Waals surface area contributed by atoms with Crippen LogP contribution in [0.2, 0.25) is 5.15 Å². The number of ether oxygens (including phenoxy) is 2. The molecule has 0 bridgehead atoms. The molecular weight excluding hydrogens is 394 g/mol. The van der Waals surface area contributed by atoms with Crippen LogP contribution in [0.25, 0.3) is 10.9 Å². The molecule has 1 aliphatic carbocycles. The Morgan fingerprint density at radius 2 is 2.00 bits per heavy atom. The number of amides is 1. The van der Waals surface area contributed by atoms with Crippen LogP contribution in [0.4, 0.5) is 0 Å². The zero-order chi connectivity index (χ0) is 19.5. The van der Waals surface area contributed by atoms with Gasteiger partial charge in [0.25, 0.3) is 0 Å². The van der Waals surface area contributed by atoms with E-state index < -0.39 is 0 Å². The van der Waals surface area contributed by atoms with E-state index in [1.165, 1.54) is 11.3 Å². The molecule has 0 spiro atoms. The Morgan fingerprint density at radius 3 is 2.76 bits per heavy atom. The van der Waals surface area contributed by atoms with Crippen LogP contribution >= 0.6 is 11.6 Å². The first-order chi connectivity index (χ1) is 14.2. The highest BCUT2D eigenvalue weighted by Gasteiger charge is 2.41. The maximum absolute atomic E-state index is 13.0. The van der Waals surface area contributed by atoms with Crippen LogP contribution in [-0.2, 0) is 0 Å². The molecule has 1 aromatic carbocycles. The Morgan fingerprint density at radius 1 is 1.17 bits per heavy atom. The van der Waals surface area contributed by atoms with E-state index in [-0.39, 0.29) is 24.5 Å². The van der Waals surface area contributed by atoms with Gasteiger partial charge in [-0.15, -0.1) is 0 Å². The molecule has 0 N–H and O–H groups in total. The number of halogens is 1. The monoisotopic (exact) mass is 409 g/mol. The summed E-state index contributed by atoms with van der Waals surface area (Å²) >= 11 is 6.58. The number of benzene rings is 1. The van der Waals surface area contributed by atoms with Gasteiger partial charge in [-0.1, -0.05) is 11.6 Å². The lowest BCUT2D eigenvalue weighted by molar-refractivity contribution is 0.0678. The molecule has 1 fully saturated rings. The van der Waals surface area contributed by atoms with Crippen LogP contribution in [0.5, 0.6) is 11.5 Å². The molecular formula is C21H16ClN3O4. The van der Waals surface area contributed by atoms with Crippen molar-refractivity contribution >= 4 is 34.1 Å². The maximum Gasteiger partial charge on any atom is 0.310 e. The number of pyridine rings is 1. The Labute approximate surface area is 170 Å². The maximum atomic E-state index is 13.0. The second-order valence-electron chi connectivity index (χ2n) is 7.48. The fourth-order valence-corrected chi connectivity index (χ4v) is 4.20. The highest BCUT2D eigenvalue weighted by molar-refractivity contribution is 6.30. The van der Waals surface area contributed by atoms with E-state index in [9.17, 15) is 4.79 Å². The second kappa shape index (κ2) is 6.22. The number of aromatic nitrogens is 1. The normalized spacial score (nSPS) is 20.4. The summed E-state index contributed by atoms with van der Waals surface area (Å²) < 4.78 is 16.2. The lowest BCUT2D eigenvalue weighted by Gasteiger charge is -2.22. The molecule has 1 saturated carbocycles. The molecule has 2 aliphatic heterocycles. The van der Waals surface area contributed by atoms with Crippen molar-refractivity contribution < 1.29 is 18.7 Å². The molecule has 0 radical (unpaired) electrons. The van der Waals surface area contributed by atoms with E-state index in [2.05, 4.69) is 10.1 Å². The number of fused-ring (bicyclic) bond motifs is 2. The van der Waals surface area contributed by atoms with Crippen molar-refractivity contribution in [1.82, 2.24) is 9.99 Å². The Hall–Kier alpha value is -3.06. The lowest BCUT2D eigenvalue weighted by Crippen LogP contribution is -2.27. The van der Waals surface area contributed by atoms with E-state index in [1.54, 1.807) is 12.1 Å². The third-order valence-electron chi connectivity index (χ3n) is 5.57. The number of hydrazone groups is 1. The van der Waals surface area contributed by atoms with Crippen LogP contribution in [-0.4, -0.2) is 28.4 Å². The highest BCUT2D eigenvalue weighted by atomic mass is 35.5. The minimum atomic E-state index is -0.321. The summed E-state index contributed by atoms with van der Waals surface area (Å²) in [5.41, 5.74) is 2.52. The van der Waals surface area contributed by atoms with Gasteiger partial charge in [0.1, 0.15) is 5.15 Å². The Balaban J connectivity index is 1.43. The quantitative estimate of drug-likeness (QED) is 0.592. The molecule has 146 valence electrons. The highest BCUT2D eigenvalue weighted by Crippen LogP contribution is 2.44. The van der Waals surface area contributed by atoms with E-state index in [0.29, 0.717) is 34.5 Å².